The normalized spacial score (nSPS) is 16.5. The minimum absolute atomic E-state index is 0.253. The fourth-order valence-electron chi connectivity index (χ4n) is 2.76. The average molecular weight is 369 g/mol. The van der Waals surface area contributed by atoms with Crippen molar-refractivity contribution in [1.82, 2.24) is 4.90 Å². The summed E-state index contributed by atoms with van der Waals surface area (Å²) in [6, 6.07) is 13.5. The third kappa shape index (κ3) is 2.81. The summed E-state index contributed by atoms with van der Waals surface area (Å²) in [5.74, 6) is -1.48. The van der Waals surface area contributed by atoms with E-state index in [1.807, 2.05) is 42.5 Å². The highest BCUT2D eigenvalue weighted by Crippen LogP contribution is 2.34. The van der Waals surface area contributed by atoms with Crippen LogP contribution in [-0.4, -0.2) is 32.7 Å². The minimum Gasteiger partial charge on any atom is -0.480 e. The van der Waals surface area contributed by atoms with E-state index in [1.165, 1.54) is 0 Å². The van der Waals surface area contributed by atoms with Gasteiger partial charge in [0.25, 0.3) is 5.91 Å². The summed E-state index contributed by atoms with van der Waals surface area (Å²) in [6.45, 7) is -0.426. The van der Waals surface area contributed by atoms with Crippen LogP contribution in [0.15, 0.2) is 51.8 Å². The number of hydrogen-bond acceptors (Lipinski definition) is 5. The Hall–Kier alpha value is -2.64. The molecule has 25 heavy (non-hydrogen) atoms. The van der Waals surface area contributed by atoms with Gasteiger partial charge >= 0.3 is 5.97 Å². The Morgan fingerprint density at radius 3 is 2.76 bits per heavy atom. The highest BCUT2D eigenvalue weighted by molar-refractivity contribution is 8.26. The number of furan rings is 1. The minimum atomic E-state index is -1.10. The van der Waals surface area contributed by atoms with Gasteiger partial charge in [-0.05, 0) is 29.8 Å². The lowest BCUT2D eigenvalue weighted by atomic mass is 10.1. The maximum Gasteiger partial charge on any atom is 0.323 e. The molecule has 2 aromatic carbocycles. The lowest BCUT2D eigenvalue weighted by molar-refractivity contribution is -0.140. The number of fused-ring (bicyclic) bond motifs is 3. The molecule has 1 saturated heterocycles. The van der Waals surface area contributed by atoms with Crippen molar-refractivity contribution in [2.75, 3.05) is 6.54 Å². The van der Waals surface area contributed by atoms with Crippen LogP contribution in [0.2, 0.25) is 0 Å². The molecule has 5 nitrogen and oxygen atoms in total. The molecule has 1 aliphatic rings. The number of carbonyl (C=O) groups excluding carboxylic acids is 1. The molecule has 1 aromatic heterocycles. The Morgan fingerprint density at radius 1 is 1.20 bits per heavy atom. The van der Waals surface area contributed by atoms with Crippen molar-refractivity contribution >= 4 is 68.2 Å². The van der Waals surface area contributed by atoms with E-state index in [4.69, 9.17) is 21.7 Å². The average Bonchev–Trinajstić information content (AvgIpc) is 3.07. The standard InChI is InChI=1S/C18H11NO4S2/c20-16(21)9-19-17(22)15(25-18(19)24)8-10-5-6-12-11-3-1-2-4-13(11)23-14(12)7-10/h1-8H,9H2,(H,20,21)/b15-8+. The highest BCUT2D eigenvalue weighted by atomic mass is 32.2. The van der Waals surface area contributed by atoms with Crippen LogP contribution in [0.25, 0.3) is 28.0 Å². The number of hydrogen-bond donors (Lipinski definition) is 1. The van der Waals surface area contributed by atoms with E-state index in [1.54, 1.807) is 6.08 Å². The molecule has 0 bridgehead atoms. The second kappa shape index (κ2) is 6.02. The second-order valence-electron chi connectivity index (χ2n) is 5.52. The molecular formula is C18H11NO4S2. The largest absolute Gasteiger partial charge is 0.480 e. The molecule has 1 N–H and O–H groups in total. The van der Waals surface area contributed by atoms with Gasteiger partial charge in [0.1, 0.15) is 22.0 Å². The molecule has 0 spiro atoms. The van der Waals surface area contributed by atoms with E-state index >= 15 is 0 Å². The molecule has 7 heteroatoms. The van der Waals surface area contributed by atoms with Crippen molar-refractivity contribution in [2.45, 2.75) is 0 Å². The van der Waals surface area contributed by atoms with Crippen LogP contribution in [-0.2, 0) is 9.59 Å². The first-order valence-electron chi connectivity index (χ1n) is 7.41. The third-order valence-corrected chi connectivity index (χ3v) is 5.25. The first-order valence-corrected chi connectivity index (χ1v) is 8.64. The number of nitrogens with zero attached hydrogens (tertiary/aromatic N) is 1. The van der Waals surface area contributed by atoms with Crippen molar-refractivity contribution < 1.29 is 19.1 Å². The highest BCUT2D eigenvalue weighted by Gasteiger charge is 2.33. The Labute approximate surface area is 151 Å². The van der Waals surface area contributed by atoms with E-state index in [0.717, 1.165) is 44.2 Å². The van der Waals surface area contributed by atoms with Gasteiger partial charge in [-0.1, -0.05) is 48.2 Å². The zero-order chi connectivity index (χ0) is 17.6. The molecule has 1 aliphatic heterocycles. The molecule has 1 fully saturated rings. The summed E-state index contributed by atoms with van der Waals surface area (Å²) in [5, 5.41) is 10.9. The van der Waals surface area contributed by atoms with Gasteiger partial charge in [-0.25, -0.2) is 0 Å². The van der Waals surface area contributed by atoms with Crippen LogP contribution in [0.4, 0.5) is 0 Å². The summed E-state index contributed by atoms with van der Waals surface area (Å²) in [6.07, 6.45) is 1.70. The number of amides is 1. The first kappa shape index (κ1) is 15.9. The smallest absolute Gasteiger partial charge is 0.323 e. The molecular weight excluding hydrogens is 358 g/mol. The summed E-state index contributed by atoms with van der Waals surface area (Å²) in [7, 11) is 0. The van der Waals surface area contributed by atoms with Crippen LogP contribution in [0.5, 0.6) is 0 Å². The molecule has 0 atom stereocenters. The zero-order valence-corrected chi connectivity index (χ0v) is 14.4. The molecule has 4 rings (SSSR count). The van der Waals surface area contributed by atoms with E-state index < -0.39 is 12.5 Å². The molecule has 2 heterocycles. The van der Waals surface area contributed by atoms with Crippen molar-refractivity contribution in [3.63, 3.8) is 0 Å². The van der Waals surface area contributed by atoms with Gasteiger partial charge in [-0.3, -0.25) is 14.5 Å². The van der Waals surface area contributed by atoms with Crippen LogP contribution < -0.4 is 0 Å². The second-order valence-corrected chi connectivity index (χ2v) is 7.19. The SMILES string of the molecule is O=C(O)CN1C(=O)/C(=C\c2ccc3c(c2)oc2ccccc23)SC1=S. The number of aliphatic carboxylic acids is 1. The van der Waals surface area contributed by atoms with Gasteiger partial charge in [0.15, 0.2) is 0 Å². The molecule has 0 unspecified atom stereocenters. The number of carbonyl (C=O) groups is 2. The molecule has 0 aliphatic carbocycles. The quantitative estimate of drug-likeness (QED) is 0.558. The number of rotatable bonds is 3. The number of thioether (sulfide) groups is 1. The fourth-order valence-corrected chi connectivity index (χ4v) is 4.01. The van der Waals surface area contributed by atoms with E-state index in [9.17, 15) is 9.59 Å². The zero-order valence-electron chi connectivity index (χ0n) is 12.8. The van der Waals surface area contributed by atoms with E-state index in [0.29, 0.717) is 4.91 Å². The predicted octanol–water partition coefficient (Wildman–Crippen LogP) is 3.87. The summed E-state index contributed by atoms with van der Waals surface area (Å²) < 4.78 is 6.10. The van der Waals surface area contributed by atoms with Crippen LogP contribution in [0.1, 0.15) is 5.56 Å². The number of benzene rings is 2. The molecule has 124 valence electrons. The Bertz CT molecular complexity index is 1080. The summed E-state index contributed by atoms with van der Waals surface area (Å²) >= 11 is 6.20. The van der Waals surface area contributed by atoms with Gasteiger partial charge in [0, 0.05) is 10.8 Å². The van der Waals surface area contributed by atoms with Gasteiger partial charge < -0.3 is 9.52 Å². The third-order valence-electron chi connectivity index (χ3n) is 3.87. The number of thiocarbonyl (C=S) groups is 1. The van der Waals surface area contributed by atoms with Crippen molar-refractivity contribution in [3.05, 3.63) is 52.9 Å². The van der Waals surface area contributed by atoms with Crippen molar-refractivity contribution in [3.8, 4) is 0 Å². The number of carboxylic acid groups (broad SMARTS) is 1. The van der Waals surface area contributed by atoms with Gasteiger partial charge in [0.05, 0.1) is 4.91 Å². The van der Waals surface area contributed by atoms with Gasteiger partial charge in [-0.2, -0.15) is 0 Å². The molecule has 3 aromatic rings. The Kier molecular flexibility index (Phi) is 3.82. The maximum atomic E-state index is 12.3. The first-order chi connectivity index (χ1) is 12.0. The summed E-state index contributed by atoms with van der Waals surface area (Å²) in [5.41, 5.74) is 2.33. The van der Waals surface area contributed by atoms with Gasteiger partial charge in [-0.15, -0.1) is 0 Å². The topological polar surface area (TPSA) is 70.8 Å². The predicted molar refractivity (Wildman–Crippen MR) is 101 cm³/mol. The number of carboxylic acids is 1. The van der Waals surface area contributed by atoms with Crippen LogP contribution >= 0.6 is 24.0 Å². The summed E-state index contributed by atoms with van der Waals surface area (Å²) in [4.78, 5) is 24.7. The fraction of sp³-hybridized carbons (Fsp3) is 0.0556. The molecule has 0 radical (unpaired) electrons. The lowest BCUT2D eigenvalue weighted by Crippen LogP contribution is -2.33. The van der Waals surface area contributed by atoms with Crippen molar-refractivity contribution in [1.29, 1.82) is 0 Å². The molecule has 1 amide bonds. The monoisotopic (exact) mass is 369 g/mol. The van der Waals surface area contributed by atoms with Crippen LogP contribution in [0, 0.1) is 0 Å². The van der Waals surface area contributed by atoms with E-state index in [2.05, 4.69) is 0 Å². The number of para-hydroxylation sites is 1. The van der Waals surface area contributed by atoms with Crippen molar-refractivity contribution in [2.24, 2.45) is 0 Å². The van der Waals surface area contributed by atoms with Gasteiger partial charge in [0.2, 0.25) is 0 Å². The lowest BCUT2D eigenvalue weighted by Gasteiger charge is -2.10. The Morgan fingerprint density at radius 2 is 1.96 bits per heavy atom. The van der Waals surface area contributed by atoms with Crippen LogP contribution in [0.3, 0.4) is 0 Å². The molecule has 0 saturated carbocycles. The Balaban J connectivity index is 1.71. The maximum absolute atomic E-state index is 12.3. The van der Waals surface area contributed by atoms with E-state index in [-0.39, 0.29) is 10.2 Å².